The number of nitrogens with zero attached hydrogens (tertiary/aromatic N) is 1. The van der Waals surface area contributed by atoms with Gasteiger partial charge in [-0.2, -0.15) is 30.3 Å². The van der Waals surface area contributed by atoms with Crippen LogP contribution in [0, 0.1) is 6.07 Å². The largest absolute Gasteiger partial charge is 1.00 e. The zero-order valence-corrected chi connectivity index (χ0v) is 12.3. The van der Waals surface area contributed by atoms with E-state index in [2.05, 4.69) is 31.1 Å². The molecule has 104 valence electrons. The fraction of sp³-hybridized carbons (Fsp3) is 0.333. The Morgan fingerprint density at radius 1 is 1.22 bits per heavy atom. The van der Waals surface area contributed by atoms with Crippen molar-refractivity contribution in [2.75, 3.05) is 14.1 Å². The molecule has 0 aliphatic carbocycles. The maximum atomic E-state index is 9.43. The molecular weight excluding hydrogens is 419 g/mol. The normalized spacial score (nSPS) is 8.83. The van der Waals surface area contributed by atoms with Gasteiger partial charge in [-0.15, -0.1) is 5.56 Å². The Morgan fingerprint density at radius 3 is 2.06 bits per heavy atom. The SMILES string of the molecule is CN(C)Cc1[c-]cccc1.O=C(O)CC(=O)O.[Au+]. The number of aliphatic carboxylic acids is 2. The predicted molar refractivity (Wildman–Crippen MR) is 62.6 cm³/mol. The number of benzene rings is 1. The van der Waals surface area contributed by atoms with E-state index in [9.17, 15) is 9.59 Å². The van der Waals surface area contributed by atoms with Crippen molar-refractivity contribution in [1.29, 1.82) is 0 Å². The standard InChI is InChI=1S/C9H12N.C3H4O4.Au/c1-10(2)8-9-6-4-3-5-7-9;4-2(5)1-3(6)7;/h3-6H,8H2,1-2H3;1H2,(H,4,5)(H,6,7);/q-1;;+1. The third-order valence-electron chi connectivity index (χ3n) is 1.56. The molecule has 0 saturated heterocycles. The van der Waals surface area contributed by atoms with Crippen LogP contribution in [0.2, 0.25) is 0 Å². The molecular formula is C12H16AuNO4. The Morgan fingerprint density at radius 2 is 1.78 bits per heavy atom. The molecule has 2 N–H and O–H groups in total. The van der Waals surface area contributed by atoms with E-state index in [1.807, 2.05) is 18.2 Å². The molecule has 0 saturated carbocycles. The van der Waals surface area contributed by atoms with Gasteiger partial charge in [-0.05, 0) is 14.1 Å². The fourth-order valence-electron chi connectivity index (χ4n) is 0.999. The molecule has 1 aromatic carbocycles. The Kier molecular flexibility index (Phi) is 11.7. The van der Waals surface area contributed by atoms with E-state index in [1.54, 1.807) is 0 Å². The summed E-state index contributed by atoms with van der Waals surface area (Å²) >= 11 is 0. The van der Waals surface area contributed by atoms with Crippen LogP contribution < -0.4 is 0 Å². The average Bonchev–Trinajstić information content (AvgIpc) is 2.16. The van der Waals surface area contributed by atoms with Gasteiger partial charge in [-0.3, -0.25) is 9.59 Å². The first-order valence-electron chi connectivity index (χ1n) is 4.95. The van der Waals surface area contributed by atoms with Crippen LogP contribution in [0.3, 0.4) is 0 Å². The molecule has 5 nitrogen and oxygen atoms in total. The summed E-state index contributed by atoms with van der Waals surface area (Å²) in [5.41, 5.74) is 1.24. The number of carbonyl (C=O) groups is 2. The van der Waals surface area contributed by atoms with Crippen molar-refractivity contribution in [3.63, 3.8) is 0 Å². The van der Waals surface area contributed by atoms with E-state index in [1.165, 1.54) is 5.56 Å². The monoisotopic (exact) mass is 435 g/mol. The number of hydrogen-bond donors (Lipinski definition) is 2. The van der Waals surface area contributed by atoms with Crippen LogP contribution >= 0.6 is 0 Å². The van der Waals surface area contributed by atoms with Gasteiger partial charge in [-0.25, -0.2) is 0 Å². The smallest absolute Gasteiger partial charge is 0.481 e. The molecule has 0 radical (unpaired) electrons. The topological polar surface area (TPSA) is 77.8 Å². The van der Waals surface area contributed by atoms with Gasteiger partial charge in [0, 0.05) is 6.54 Å². The van der Waals surface area contributed by atoms with Crippen LogP contribution in [0.5, 0.6) is 0 Å². The summed E-state index contributed by atoms with van der Waals surface area (Å²) in [5.74, 6) is -2.62. The van der Waals surface area contributed by atoms with Crippen LogP contribution in [0.25, 0.3) is 0 Å². The Balaban J connectivity index is 0. The molecule has 0 heterocycles. The van der Waals surface area contributed by atoms with Crippen LogP contribution in [0.4, 0.5) is 0 Å². The van der Waals surface area contributed by atoms with Gasteiger partial charge in [0.05, 0.1) is 0 Å². The Bertz CT molecular complexity index is 342. The van der Waals surface area contributed by atoms with Crippen molar-refractivity contribution in [2.24, 2.45) is 0 Å². The van der Waals surface area contributed by atoms with Crippen LogP contribution in [-0.2, 0) is 38.5 Å². The zero-order valence-electron chi connectivity index (χ0n) is 10.2. The minimum absolute atomic E-state index is 0. The maximum absolute atomic E-state index is 9.43. The predicted octanol–water partition coefficient (Wildman–Crippen LogP) is 1.09. The third-order valence-corrected chi connectivity index (χ3v) is 1.56. The molecule has 0 aliphatic heterocycles. The van der Waals surface area contributed by atoms with Gasteiger partial charge >= 0.3 is 34.3 Å². The summed E-state index contributed by atoms with van der Waals surface area (Å²) in [6.45, 7) is 0.973. The van der Waals surface area contributed by atoms with Crippen molar-refractivity contribution in [2.45, 2.75) is 13.0 Å². The van der Waals surface area contributed by atoms with E-state index in [0.717, 1.165) is 6.54 Å². The van der Waals surface area contributed by atoms with Crippen LogP contribution in [-0.4, -0.2) is 41.1 Å². The molecule has 1 aromatic rings. The summed E-state index contributed by atoms with van der Waals surface area (Å²) < 4.78 is 0. The number of carboxylic acid groups (broad SMARTS) is 2. The number of rotatable bonds is 4. The van der Waals surface area contributed by atoms with Crippen molar-refractivity contribution >= 4 is 11.9 Å². The minimum Gasteiger partial charge on any atom is -0.481 e. The summed E-state index contributed by atoms with van der Waals surface area (Å²) in [5, 5.41) is 15.4. The second kappa shape index (κ2) is 11.0. The van der Waals surface area contributed by atoms with Gasteiger partial charge in [0.2, 0.25) is 0 Å². The molecule has 1 rings (SSSR count). The second-order valence-corrected chi connectivity index (χ2v) is 3.59. The average molecular weight is 435 g/mol. The van der Waals surface area contributed by atoms with Crippen LogP contribution in [0.15, 0.2) is 24.3 Å². The van der Waals surface area contributed by atoms with Crippen molar-refractivity contribution in [3.8, 4) is 0 Å². The first-order chi connectivity index (χ1) is 7.91. The van der Waals surface area contributed by atoms with E-state index in [4.69, 9.17) is 10.2 Å². The van der Waals surface area contributed by atoms with Gasteiger partial charge in [-0.1, -0.05) is 0 Å². The van der Waals surface area contributed by atoms with Crippen molar-refractivity contribution in [1.82, 2.24) is 4.90 Å². The van der Waals surface area contributed by atoms with Gasteiger partial charge in [0.25, 0.3) is 0 Å². The molecule has 0 aromatic heterocycles. The quantitative estimate of drug-likeness (QED) is 0.421. The van der Waals surface area contributed by atoms with E-state index >= 15 is 0 Å². The van der Waals surface area contributed by atoms with Crippen molar-refractivity contribution < 1.29 is 42.2 Å². The summed E-state index contributed by atoms with van der Waals surface area (Å²) in [6, 6.07) is 11.2. The fourth-order valence-corrected chi connectivity index (χ4v) is 0.999. The summed E-state index contributed by atoms with van der Waals surface area (Å²) in [6.07, 6.45) is -0.806. The molecule has 0 amide bonds. The van der Waals surface area contributed by atoms with Crippen molar-refractivity contribution in [3.05, 3.63) is 35.9 Å². The number of hydrogen-bond acceptors (Lipinski definition) is 3. The molecule has 0 fully saturated rings. The minimum atomic E-state index is -1.31. The molecule has 0 spiro atoms. The molecule has 6 heteroatoms. The molecule has 0 bridgehead atoms. The Labute approximate surface area is 122 Å². The maximum Gasteiger partial charge on any atom is 1.00 e. The Hall–Kier alpha value is -1.14. The second-order valence-electron chi connectivity index (χ2n) is 3.59. The van der Waals surface area contributed by atoms with E-state index < -0.39 is 18.4 Å². The van der Waals surface area contributed by atoms with E-state index in [0.29, 0.717) is 0 Å². The first-order valence-corrected chi connectivity index (χ1v) is 4.95. The molecule has 0 unspecified atom stereocenters. The zero-order chi connectivity index (χ0) is 13.3. The molecule has 0 aliphatic rings. The van der Waals surface area contributed by atoms with E-state index in [-0.39, 0.29) is 22.4 Å². The van der Waals surface area contributed by atoms with Gasteiger partial charge in [0.1, 0.15) is 6.42 Å². The molecule has 18 heavy (non-hydrogen) atoms. The molecule has 0 atom stereocenters. The third kappa shape index (κ3) is 12.9. The van der Waals surface area contributed by atoms with Gasteiger partial charge in [0.15, 0.2) is 0 Å². The summed E-state index contributed by atoms with van der Waals surface area (Å²) in [4.78, 5) is 21.0. The number of carboxylic acids is 2. The first kappa shape index (κ1) is 19.2. The summed E-state index contributed by atoms with van der Waals surface area (Å²) in [7, 11) is 4.11. The van der Waals surface area contributed by atoms with Crippen LogP contribution in [0.1, 0.15) is 12.0 Å². The van der Waals surface area contributed by atoms with Gasteiger partial charge < -0.3 is 15.1 Å².